The smallest absolute Gasteiger partial charge is 0.157 e. The number of hydrogen-bond acceptors (Lipinski definition) is 2. The summed E-state index contributed by atoms with van der Waals surface area (Å²) in [7, 11) is -0.405. The fourth-order valence-electron chi connectivity index (χ4n) is 2.48. The van der Waals surface area contributed by atoms with E-state index in [9.17, 15) is 0 Å². The Hall–Kier alpha value is -0.383. The van der Waals surface area contributed by atoms with E-state index in [0.29, 0.717) is 6.61 Å². The number of allylic oxidation sites excluding steroid dienone is 2. The molecule has 1 atom stereocenters. The van der Waals surface area contributed by atoms with E-state index in [-0.39, 0.29) is 6.29 Å². The van der Waals surface area contributed by atoms with E-state index >= 15 is 0 Å². The Kier molecular flexibility index (Phi) is 8.42. The summed E-state index contributed by atoms with van der Waals surface area (Å²) in [4.78, 5) is 0. The van der Waals surface area contributed by atoms with Crippen molar-refractivity contribution in [2.75, 3.05) is 13.2 Å². The second-order valence-corrected chi connectivity index (χ2v) is 9.86. The number of rotatable bonds is 7. The first kappa shape index (κ1) is 17.7. The van der Waals surface area contributed by atoms with Crippen molar-refractivity contribution in [3.63, 3.8) is 0 Å². The maximum Gasteiger partial charge on any atom is 0.157 e. The van der Waals surface area contributed by atoms with Gasteiger partial charge in [-0.15, -0.1) is 0 Å². The van der Waals surface area contributed by atoms with Crippen LogP contribution in [0.25, 0.3) is 0 Å². The molecule has 1 radical (unpaired) electrons. The molecule has 1 aliphatic rings. The molecule has 1 fully saturated rings. The summed E-state index contributed by atoms with van der Waals surface area (Å²) in [6.45, 7) is 13.0. The van der Waals surface area contributed by atoms with E-state index in [1.165, 1.54) is 18.4 Å². The van der Waals surface area contributed by atoms with Gasteiger partial charge < -0.3 is 9.47 Å². The van der Waals surface area contributed by atoms with E-state index < -0.39 is 8.80 Å². The highest BCUT2D eigenvalue weighted by Gasteiger charge is 2.16. The lowest BCUT2D eigenvalue weighted by atomic mass is 10.2. The molecule has 1 heterocycles. The Labute approximate surface area is 126 Å². The summed E-state index contributed by atoms with van der Waals surface area (Å²) in [5.41, 5.74) is 5.32. The molecule has 2 nitrogen and oxygen atoms in total. The number of hydrogen-bond donors (Lipinski definition) is 0. The van der Waals surface area contributed by atoms with Crippen LogP contribution in [-0.4, -0.2) is 28.3 Å². The monoisotopic (exact) mass is 295 g/mol. The molecule has 0 aliphatic carbocycles. The van der Waals surface area contributed by atoms with Crippen molar-refractivity contribution in [1.29, 1.82) is 0 Å². The van der Waals surface area contributed by atoms with Gasteiger partial charge in [0.2, 0.25) is 0 Å². The van der Waals surface area contributed by atoms with E-state index in [2.05, 4.69) is 52.5 Å². The van der Waals surface area contributed by atoms with E-state index in [4.69, 9.17) is 9.47 Å². The molecule has 0 spiro atoms. The van der Waals surface area contributed by atoms with E-state index in [1.807, 2.05) is 0 Å². The van der Waals surface area contributed by atoms with Gasteiger partial charge in [0.25, 0.3) is 0 Å². The van der Waals surface area contributed by atoms with Gasteiger partial charge in [-0.3, -0.25) is 0 Å². The van der Waals surface area contributed by atoms with Gasteiger partial charge in [-0.1, -0.05) is 51.1 Å². The second kappa shape index (κ2) is 9.53. The standard InChI is InChI=1S/C17H31O2Si/c1-14(2)20(15(3)4)13-10-16(5)9-12-19-17-8-6-7-11-18-17/h9-10,13-15,17H,6-8,11-12H2,1-5H3/b13-10+,16-9+. The zero-order valence-corrected chi connectivity index (χ0v) is 14.8. The van der Waals surface area contributed by atoms with Crippen molar-refractivity contribution >= 4 is 8.80 Å². The molecule has 1 unspecified atom stereocenters. The third-order valence-electron chi connectivity index (χ3n) is 3.70. The summed E-state index contributed by atoms with van der Waals surface area (Å²) in [5, 5.41) is 0. The van der Waals surface area contributed by atoms with Crippen LogP contribution in [0.4, 0.5) is 0 Å². The van der Waals surface area contributed by atoms with E-state index in [1.54, 1.807) is 0 Å². The molecule has 0 bridgehead atoms. The van der Waals surface area contributed by atoms with Crippen molar-refractivity contribution in [3.05, 3.63) is 23.4 Å². The summed E-state index contributed by atoms with van der Waals surface area (Å²) < 4.78 is 11.3. The molecule has 0 aromatic heterocycles. The average Bonchev–Trinajstić information content (AvgIpc) is 2.39. The Bertz CT molecular complexity index is 307. The van der Waals surface area contributed by atoms with Crippen LogP contribution in [-0.2, 0) is 9.47 Å². The molecule has 20 heavy (non-hydrogen) atoms. The summed E-state index contributed by atoms with van der Waals surface area (Å²) in [6.07, 6.45) is 7.89. The summed E-state index contributed by atoms with van der Waals surface area (Å²) in [5.74, 6) is 0. The zero-order chi connectivity index (χ0) is 15.0. The van der Waals surface area contributed by atoms with Crippen LogP contribution < -0.4 is 0 Å². The van der Waals surface area contributed by atoms with Crippen LogP contribution in [0.1, 0.15) is 53.9 Å². The van der Waals surface area contributed by atoms with Crippen molar-refractivity contribution < 1.29 is 9.47 Å². The first-order valence-corrected chi connectivity index (χ1v) is 9.68. The molecule has 1 rings (SSSR count). The van der Waals surface area contributed by atoms with Gasteiger partial charge >= 0.3 is 0 Å². The lowest BCUT2D eigenvalue weighted by molar-refractivity contribution is -0.155. The van der Waals surface area contributed by atoms with E-state index in [0.717, 1.165) is 24.1 Å². The van der Waals surface area contributed by atoms with Gasteiger partial charge in [0.15, 0.2) is 6.29 Å². The third kappa shape index (κ3) is 6.87. The molecule has 115 valence electrons. The minimum absolute atomic E-state index is 0.0164. The first-order valence-electron chi connectivity index (χ1n) is 7.95. The van der Waals surface area contributed by atoms with Crippen LogP contribution in [0.5, 0.6) is 0 Å². The molecular formula is C17H31O2Si. The molecule has 0 aromatic carbocycles. The topological polar surface area (TPSA) is 18.5 Å². The zero-order valence-electron chi connectivity index (χ0n) is 13.8. The van der Waals surface area contributed by atoms with Crippen LogP contribution in [0, 0.1) is 0 Å². The first-order chi connectivity index (χ1) is 9.50. The lowest BCUT2D eigenvalue weighted by Crippen LogP contribution is -2.22. The normalized spacial score (nSPS) is 21.6. The van der Waals surface area contributed by atoms with Crippen molar-refractivity contribution in [2.24, 2.45) is 0 Å². The molecule has 0 amide bonds. The van der Waals surface area contributed by atoms with Gasteiger partial charge in [-0.2, -0.15) is 0 Å². The molecule has 0 saturated carbocycles. The van der Waals surface area contributed by atoms with Crippen molar-refractivity contribution in [1.82, 2.24) is 0 Å². The van der Waals surface area contributed by atoms with Gasteiger partial charge in [-0.05, 0) is 37.3 Å². The largest absolute Gasteiger partial charge is 0.353 e. The Morgan fingerprint density at radius 1 is 1.25 bits per heavy atom. The second-order valence-electron chi connectivity index (χ2n) is 6.22. The minimum atomic E-state index is -0.405. The van der Waals surface area contributed by atoms with Crippen LogP contribution in [0.2, 0.25) is 11.1 Å². The van der Waals surface area contributed by atoms with Gasteiger partial charge in [0, 0.05) is 6.61 Å². The lowest BCUT2D eigenvalue weighted by Gasteiger charge is -2.22. The molecule has 3 heteroatoms. The highest BCUT2D eigenvalue weighted by atomic mass is 28.3. The Morgan fingerprint density at radius 3 is 2.50 bits per heavy atom. The fraction of sp³-hybridized carbons (Fsp3) is 0.765. The molecule has 0 N–H and O–H groups in total. The predicted octanol–water partition coefficient (Wildman–Crippen LogP) is 4.89. The molecule has 0 aromatic rings. The van der Waals surface area contributed by atoms with Gasteiger partial charge in [-0.25, -0.2) is 0 Å². The molecule has 1 aliphatic heterocycles. The Morgan fingerprint density at radius 2 is 1.95 bits per heavy atom. The fourth-order valence-corrected chi connectivity index (χ4v) is 5.04. The van der Waals surface area contributed by atoms with Crippen LogP contribution >= 0.6 is 0 Å². The minimum Gasteiger partial charge on any atom is -0.353 e. The van der Waals surface area contributed by atoms with Gasteiger partial charge in [0.1, 0.15) is 0 Å². The third-order valence-corrected chi connectivity index (χ3v) is 6.92. The quantitative estimate of drug-likeness (QED) is 0.492. The highest BCUT2D eigenvalue weighted by Crippen LogP contribution is 2.21. The maximum atomic E-state index is 5.73. The summed E-state index contributed by atoms with van der Waals surface area (Å²) in [6, 6.07) is 0. The van der Waals surface area contributed by atoms with Crippen LogP contribution in [0.15, 0.2) is 23.4 Å². The van der Waals surface area contributed by atoms with Crippen molar-refractivity contribution in [2.45, 2.75) is 71.3 Å². The molecular weight excluding hydrogens is 264 g/mol. The predicted molar refractivity (Wildman–Crippen MR) is 88.4 cm³/mol. The number of ether oxygens (including phenoxy) is 2. The van der Waals surface area contributed by atoms with Gasteiger partial charge in [0.05, 0.1) is 15.4 Å². The Balaban J connectivity index is 2.36. The van der Waals surface area contributed by atoms with Crippen molar-refractivity contribution in [3.8, 4) is 0 Å². The molecule has 1 saturated heterocycles. The van der Waals surface area contributed by atoms with Crippen LogP contribution in [0.3, 0.4) is 0 Å². The average molecular weight is 296 g/mol. The maximum absolute atomic E-state index is 5.73. The summed E-state index contributed by atoms with van der Waals surface area (Å²) >= 11 is 0. The highest BCUT2D eigenvalue weighted by molar-refractivity contribution is 6.67. The SMILES string of the molecule is CC(/C=C/[Si](C(C)C)C(C)C)=C\COC1CCCCO1.